The number of amides is 1. The maximum Gasteiger partial charge on any atom is 0.216 e. The van der Waals surface area contributed by atoms with E-state index in [1.807, 2.05) is 14.1 Å². The lowest BCUT2D eigenvalue weighted by Gasteiger charge is -2.23. The van der Waals surface area contributed by atoms with E-state index in [0.717, 1.165) is 13.0 Å². The van der Waals surface area contributed by atoms with Crippen molar-refractivity contribution in [3.05, 3.63) is 0 Å². The quantitative estimate of drug-likeness (QED) is 0.303. The van der Waals surface area contributed by atoms with Gasteiger partial charge in [0, 0.05) is 26.8 Å². The molecule has 0 saturated carbocycles. The highest BCUT2D eigenvalue weighted by Gasteiger charge is 2.15. The number of carbonyl (C=O) groups excluding carboxylic acids is 1. The summed E-state index contributed by atoms with van der Waals surface area (Å²) in [4.78, 5) is 15.8. The van der Waals surface area contributed by atoms with E-state index >= 15 is 0 Å². The van der Waals surface area contributed by atoms with Crippen LogP contribution in [0.2, 0.25) is 0 Å². The standard InChI is InChI=1S/C10H18N2O2/c1-5-9-14-12(3,4)8-6-7-11-10(2)13/h6-8H2,1-4H3/p+1. The van der Waals surface area contributed by atoms with Gasteiger partial charge < -0.3 is 5.32 Å². The van der Waals surface area contributed by atoms with E-state index < -0.39 is 0 Å². The average Bonchev–Trinajstić information content (AvgIpc) is 2.09. The fourth-order valence-corrected chi connectivity index (χ4v) is 0.939. The summed E-state index contributed by atoms with van der Waals surface area (Å²) in [6.07, 6.45) is 3.45. The molecule has 0 fully saturated rings. The Balaban J connectivity index is 3.63. The smallest absolute Gasteiger partial charge is 0.216 e. The monoisotopic (exact) mass is 199 g/mol. The highest BCUT2D eigenvalue weighted by molar-refractivity contribution is 5.72. The molecule has 0 aromatic rings. The number of nitrogens with one attached hydrogen (secondary N) is 1. The van der Waals surface area contributed by atoms with E-state index in [4.69, 9.17) is 4.84 Å². The fourth-order valence-electron chi connectivity index (χ4n) is 0.939. The van der Waals surface area contributed by atoms with Crippen LogP contribution in [-0.4, -0.2) is 37.7 Å². The fraction of sp³-hybridized carbons (Fsp3) is 0.700. The number of hydrogen-bond donors (Lipinski definition) is 1. The molecular weight excluding hydrogens is 180 g/mol. The number of hydroxylamine groups is 3. The van der Waals surface area contributed by atoms with Gasteiger partial charge in [0.05, 0.1) is 0 Å². The first-order valence-electron chi connectivity index (χ1n) is 4.66. The lowest BCUT2D eigenvalue weighted by Crippen LogP contribution is -2.40. The Kier molecular flexibility index (Phi) is 5.73. The van der Waals surface area contributed by atoms with Crippen molar-refractivity contribution < 1.29 is 14.3 Å². The Morgan fingerprint density at radius 1 is 1.50 bits per heavy atom. The molecule has 80 valence electrons. The molecule has 0 spiro atoms. The summed E-state index contributed by atoms with van der Waals surface area (Å²) >= 11 is 0. The second-order valence-electron chi connectivity index (χ2n) is 3.58. The molecule has 14 heavy (non-hydrogen) atoms. The van der Waals surface area contributed by atoms with Gasteiger partial charge in [0.2, 0.25) is 5.91 Å². The molecule has 0 aromatic heterocycles. The topological polar surface area (TPSA) is 38.3 Å². The summed E-state index contributed by atoms with van der Waals surface area (Å²) in [6.45, 7) is 4.74. The third-order valence-corrected chi connectivity index (χ3v) is 1.64. The molecule has 0 aliphatic heterocycles. The zero-order chi connectivity index (χ0) is 11.0. The molecule has 0 aliphatic carbocycles. The maximum atomic E-state index is 10.6. The van der Waals surface area contributed by atoms with Gasteiger partial charge in [-0.15, -0.1) is 4.65 Å². The summed E-state index contributed by atoms with van der Waals surface area (Å²) in [5.41, 5.74) is 0. The van der Waals surface area contributed by atoms with E-state index in [2.05, 4.69) is 17.3 Å². The second-order valence-corrected chi connectivity index (χ2v) is 3.58. The van der Waals surface area contributed by atoms with Gasteiger partial charge in [-0.2, -0.15) is 0 Å². The molecule has 0 saturated heterocycles. The van der Waals surface area contributed by atoms with Gasteiger partial charge in [-0.1, -0.05) is 5.92 Å². The lowest BCUT2D eigenvalue weighted by atomic mass is 10.4. The minimum absolute atomic E-state index is 0.00424. The Labute approximate surface area is 85.8 Å². The molecule has 4 nitrogen and oxygen atoms in total. The highest BCUT2D eigenvalue weighted by atomic mass is 16.7. The molecule has 0 heterocycles. The van der Waals surface area contributed by atoms with Crippen LogP contribution in [0.15, 0.2) is 0 Å². The molecular formula is C10H19N2O2+. The summed E-state index contributed by atoms with van der Waals surface area (Å²) in [5, 5.41) is 2.73. The van der Waals surface area contributed by atoms with E-state index in [0.29, 0.717) is 11.2 Å². The number of nitrogens with zero attached hydrogens (tertiary/aromatic N) is 1. The van der Waals surface area contributed by atoms with Gasteiger partial charge in [0.15, 0.2) is 6.11 Å². The Morgan fingerprint density at radius 3 is 2.64 bits per heavy atom. The molecule has 0 unspecified atom stereocenters. The van der Waals surface area contributed by atoms with Gasteiger partial charge in [0.25, 0.3) is 0 Å². The van der Waals surface area contributed by atoms with Gasteiger partial charge in [-0.3, -0.25) is 9.63 Å². The van der Waals surface area contributed by atoms with E-state index in [9.17, 15) is 4.79 Å². The number of hydrogen-bond acceptors (Lipinski definition) is 2. The number of rotatable bonds is 5. The van der Waals surface area contributed by atoms with E-state index in [-0.39, 0.29) is 5.91 Å². The minimum atomic E-state index is 0.00424. The van der Waals surface area contributed by atoms with Crippen molar-refractivity contribution in [1.29, 1.82) is 0 Å². The molecule has 0 aromatic carbocycles. The van der Waals surface area contributed by atoms with Crippen molar-refractivity contribution in [3.8, 4) is 12.0 Å². The first kappa shape index (κ1) is 12.8. The largest absolute Gasteiger partial charge is 0.356 e. The second kappa shape index (κ2) is 6.28. The Hall–Kier alpha value is -1.21. The minimum Gasteiger partial charge on any atom is -0.356 e. The lowest BCUT2D eigenvalue weighted by molar-refractivity contribution is -1.06. The SMILES string of the molecule is CC#CO[N+](C)(C)CCCNC(C)=O. The van der Waals surface area contributed by atoms with Crippen molar-refractivity contribution in [2.45, 2.75) is 20.3 Å². The summed E-state index contributed by atoms with van der Waals surface area (Å²) in [5.74, 6) is 2.68. The molecule has 4 heteroatoms. The zero-order valence-electron chi connectivity index (χ0n) is 9.39. The normalized spacial score (nSPS) is 10.0. The van der Waals surface area contributed by atoms with Crippen LogP contribution in [0.4, 0.5) is 0 Å². The van der Waals surface area contributed by atoms with Crippen molar-refractivity contribution in [2.75, 3.05) is 27.2 Å². The van der Waals surface area contributed by atoms with Gasteiger partial charge in [-0.25, -0.2) is 0 Å². The van der Waals surface area contributed by atoms with Crippen LogP contribution in [0.25, 0.3) is 0 Å². The van der Waals surface area contributed by atoms with Crippen LogP contribution in [0.5, 0.6) is 0 Å². The molecule has 1 amide bonds. The number of carbonyl (C=O) groups is 1. The molecule has 0 radical (unpaired) electrons. The predicted octanol–water partition coefficient (Wildman–Crippen LogP) is 0.501. The molecule has 0 aliphatic rings. The molecule has 0 bridgehead atoms. The average molecular weight is 199 g/mol. The van der Waals surface area contributed by atoms with Crippen molar-refractivity contribution in [3.63, 3.8) is 0 Å². The number of quaternary nitrogens is 1. The van der Waals surface area contributed by atoms with Gasteiger partial charge >= 0.3 is 0 Å². The predicted molar refractivity (Wildman–Crippen MR) is 54.8 cm³/mol. The van der Waals surface area contributed by atoms with Crippen LogP contribution >= 0.6 is 0 Å². The van der Waals surface area contributed by atoms with Gasteiger partial charge in [-0.05, 0) is 0 Å². The first-order valence-corrected chi connectivity index (χ1v) is 4.66. The maximum absolute atomic E-state index is 10.6. The third-order valence-electron chi connectivity index (χ3n) is 1.64. The third kappa shape index (κ3) is 7.44. The Morgan fingerprint density at radius 2 is 2.14 bits per heavy atom. The van der Waals surface area contributed by atoms with Crippen LogP contribution in [0, 0.1) is 12.0 Å². The van der Waals surface area contributed by atoms with Crippen molar-refractivity contribution in [2.24, 2.45) is 0 Å². The van der Waals surface area contributed by atoms with Crippen LogP contribution < -0.4 is 5.32 Å². The molecule has 0 rings (SSSR count). The first-order chi connectivity index (χ1) is 6.48. The van der Waals surface area contributed by atoms with Crippen molar-refractivity contribution >= 4 is 5.91 Å². The van der Waals surface area contributed by atoms with Crippen LogP contribution in [0.1, 0.15) is 20.3 Å². The van der Waals surface area contributed by atoms with E-state index in [1.54, 1.807) is 6.92 Å². The van der Waals surface area contributed by atoms with E-state index in [1.165, 1.54) is 6.92 Å². The molecule has 1 N–H and O–H groups in total. The van der Waals surface area contributed by atoms with Crippen LogP contribution in [0.3, 0.4) is 0 Å². The Bertz CT molecular complexity index is 238. The summed E-state index contributed by atoms with van der Waals surface area (Å²) < 4.78 is 0.389. The highest BCUT2D eigenvalue weighted by Crippen LogP contribution is 1.99. The summed E-state index contributed by atoms with van der Waals surface area (Å²) in [7, 11) is 3.86. The van der Waals surface area contributed by atoms with Crippen molar-refractivity contribution in [1.82, 2.24) is 5.32 Å². The van der Waals surface area contributed by atoms with Crippen LogP contribution in [-0.2, 0) is 9.63 Å². The summed E-state index contributed by atoms with van der Waals surface area (Å²) in [6, 6.07) is 0. The zero-order valence-corrected chi connectivity index (χ0v) is 9.39. The van der Waals surface area contributed by atoms with Gasteiger partial charge in [0.1, 0.15) is 20.6 Å². The molecule has 0 atom stereocenters.